The van der Waals surface area contributed by atoms with E-state index in [0.29, 0.717) is 10.6 Å². The molecule has 0 amide bonds. The predicted molar refractivity (Wildman–Crippen MR) is 77.0 cm³/mol. The fraction of sp³-hybridized carbons (Fsp3) is 0.385. The lowest BCUT2D eigenvalue weighted by Gasteiger charge is -2.19. The van der Waals surface area contributed by atoms with Gasteiger partial charge in [0.1, 0.15) is 5.41 Å². The van der Waals surface area contributed by atoms with Crippen LogP contribution in [0.3, 0.4) is 0 Å². The molecule has 0 radical (unpaired) electrons. The van der Waals surface area contributed by atoms with Gasteiger partial charge in [-0.05, 0) is 24.1 Å². The van der Waals surface area contributed by atoms with Gasteiger partial charge in [-0.15, -0.1) is 0 Å². The van der Waals surface area contributed by atoms with Crippen molar-refractivity contribution in [3.63, 3.8) is 0 Å². The summed E-state index contributed by atoms with van der Waals surface area (Å²) in [6, 6.07) is 8.25. The molecule has 0 N–H and O–H groups in total. The predicted octanol–water partition coefficient (Wildman–Crippen LogP) is 5.21. The van der Waals surface area contributed by atoms with Gasteiger partial charge >= 0.3 is 5.51 Å². The van der Waals surface area contributed by atoms with Crippen molar-refractivity contribution in [2.24, 2.45) is 5.41 Å². The number of thioether (sulfide) groups is 1. The first kappa shape index (κ1) is 18.0. The van der Waals surface area contributed by atoms with Crippen molar-refractivity contribution in [3.8, 4) is 12.1 Å². The fourth-order valence-corrected chi connectivity index (χ4v) is 2.65. The lowest BCUT2D eigenvalue weighted by atomic mass is 9.82. The summed E-state index contributed by atoms with van der Waals surface area (Å²) in [5.41, 5.74) is -5.32. The number of benzene rings is 1. The second-order valence-electron chi connectivity index (χ2n) is 4.28. The van der Waals surface area contributed by atoms with Crippen LogP contribution >= 0.6 is 35.0 Å². The van der Waals surface area contributed by atoms with Gasteiger partial charge in [0, 0.05) is 12.2 Å². The number of hydrogen-bond acceptors (Lipinski definition) is 3. The van der Waals surface area contributed by atoms with Gasteiger partial charge < -0.3 is 0 Å². The normalized spacial score (nSPS) is 11.8. The molecule has 0 heterocycles. The minimum absolute atomic E-state index is 0.00466. The van der Waals surface area contributed by atoms with Crippen LogP contribution in [0.5, 0.6) is 0 Å². The van der Waals surface area contributed by atoms with Crippen molar-refractivity contribution < 1.29 is 13.2 Å². The fourth-order valence-electron chi connectivity index (χ4n) is 1.64. The average molecular weight is 353 g/mol. The Labute approximate surface area is 134 Å². The summed E-state index contributed by atoms with van der Waals surface area (Å²) in [4.78, 5) is 0. The molecule has 0 atom stereocenters. The van der Waals surface area contributed by atoms with Crippen LogP contribution in [0.25, 0.3) is 0 Å². The standard InChI is InChI=1S/C13H9Cl2F3N2S/c14-10-2-1-9(5-11(10)15)6-12(7-19,8-20)3-4-21-13(16,17)18/h1-2,5H,3-4,6H2. The Morgan fingerprint density at radius 1 is 1.10 bits per heavy atom. The van der Waals surface area contributed by atoms with Crippen LogP contribution in [0.2, 0.25) is 10.0 Å². The summed E-state index contributed by atoms with van der Waals surface area (Å²) >= 11 is 11.4. The second-order valence-corrected chi connectivity index (χ2v) is 6.25. The molecule has 0 saturated carbocycles. The smallest absolute Gasteiger partial charge is 0.197 e. The molecule has 0 unspecified atom stereocenters. The molecule has 0 fully saturated rings. The van der Waals surface area contributed by atoms with Crippen LogP contribution in [0.4, 0.5) is 13.2 Å². The maximum atomic E-state index is 12.1. The van der Waals surface area contributed by atoms with Crippen molar-refractivity contribution in [2.75, 3.05) is 5.75 Å². The Bertz CT molecular complexity index is 577. The van der Waals surface area contributed by atoms with Gasteiger partial charge in [0.2, 0.25) is 0 Å². The number of alkyl halides is 3. The van der Waals surface area contributed by atoms with Crippen molar-refractivity contribution in [2.45, 2.75) is 18.3 Å². The third-order valence-electron chi connectivity index (χ3n) is 2.71. The van der Waals surface area contributed by atoms with Crippen molar-refractivity contribution >= 4 is 35.0 Å². The summed E-state index contributed by atoms with van der Waals surface area (Å²) in [5, 5.41) is 18.9. The molecule has 1 aromatic carbocycles. The van der Waals surface area contributed by atoms with E-state index in [1.54, 1.807) is 6.07 Å². The molecule has 0 bridgehead atoms. The number of rotatable bonds is 5. The van der Waals surface area contributed by atoms with Crippen LogP contribution in [0, 0.1) is 28.1 Å². The van der Waals surface area contributed by atoms with E-state index in [4.69, 9.17) is 33.7 Å². The number of nitriles is 2. The molecule has 0 spiro atoms. The summed E-state index contributed by atoms with van der Waals surface area (Å²) < 4.78 is 36.4. The first-order valence-electron chi connectivity index (χ1n) is 5.68. The maximum Gasteiger partial charge on any atom is 0.441 e. The maximum absolute atomic E-state index is 12.1. The van der Waals surface area contributed by atoms with E-state index in [2.05, 4.69) is 0 Å². The van der Waals surface area contributed by atoms with Gasteiger partial charge in [0.15, 0.2) is 0 Å². The van der Waals surface area contributed by atoms with Crippen LogP contribution in [-0.4, -0.2) is 11.3 Å². The number of halogens is 5. The molecular formula is C13H9Cl2F3N2S. The summed E-state index contributed by atoms with van der Waals surface area (Å²) in [6.07, 6.45) is -0.195. The van der Waals surface area contributed by atoms with Crippen molar-refractivity contribution in [1.82, 2.24) is 0 Å². The van der Waals surface area contributed by atoms with E-state index in [0.717, 1.165) is 0 Å². The highest BCUT2D eigenvalue weighted by molar-refractivity contribution is 8.00. The Hall–Kier alpha value is -1.08. The lowest BCUT2D eigenvalue weighted by molar-refractivity contribution is -0.0328. The minimum Gasteiger partial charge on any atom is -0.197 e. The van der Waals surface area contributed by atoms with Gasteiger partial charge in [-0.1, -0.05) is 41.0 Å². The molecule has 0 aliphatic carbocycles. The van der Waals surface area contributed by atoms with E-state index < -0.39 is 10.9 Å². The molecule has 0 aliphatic heterocycles. The molecule has 0 aromatic heterocycles. The number of hydrogen-bond donors (Lipinski definition) is 0. The molecule has 21 heavy (non-hydrogen) atoms. The Balaban J connectivity index is 2.83. The monoisotopic (exact) mass is 352 g/mol. The molecule has 1 rings (SSSR count). The molecule has 8 heteroatoms. The zero-order valence-corrected chi connectivity index (χ0v) is 12.9. The largest absolute Gasteiger partial charge is 0.441 e. The SMILES string of the molecule is N#CC(C#N)(CCSC(F)(F)F)Cc1ccc(Cl)c(Cl)c1. The third kappa shape index (κ3) is 5.67. The quantitative estimate of drug-likeness (QED) is 0.730. The molecule has 112 valence electrons. The topological polar surface area (TPSA) is 47.6 Å². The minimum atomic E-state index is -4.37. The zero-order valence-electron chi connectivity index (χ0n) is 10.5. The van der Waals surface area contributed by atoms with Crippen molar-refractivity contribution in [3.05, 3.63) is 33.8 Å². The second kappa shape index (κ2) is 7.26. The first-order valence-corrected chi connectivity index (χ1v) is 7.43. The molecule has 0 saturated heterocycles. The highest BCUT2D eigenvalue weighted by Gasteiger charge is 2.34. The van der Waals surface area contributed by atoms with Crippen LogP contribution in [-0.2, 0) is 6.42 Å². The first-order chi connectivity index (χ1) is 9.71. The van der Waals surface area contributed by atoms with Crippen molar-refractivity contribution in [1.29, 1.82) is 10.5 Å². The molecule has 2 nitrogen and oxygen atoms in total. The number of nitrogens with zero attached hydrogens (tertiary/aromatic N) is 2. The van der Waals surface area contributed by atoms with Gasteiger partial charge in [0.25, 0.3) is 0 Å². The van der Waals surface area contributed by atoms with Crippen LogP contribution in [0.1, 0.15) is 12.0 Å². The van der Waals surface area contributed by atoms with Gasteiger partial charge in [-0.3, -0.25) is 0 Å². The molecule has 0 aliphatic rings. The summed E-state index contributed by atoms with van der Waals surface area (Å²) in [5.74, 6) is -0.355. The van der Waals surface area contributed by atoms with E-state index in [-0.39, 0.29) is 35.4 Å². The van der Waals surface area contributed by atoms with Gasteiger partial charge in [-0.25, -0.2) is 0 Å². The van der Waals surface area contributed by atoms with Gasteiger partial charge in [0.05, 0.1) is 22.2 Å². The lowest BCUT2D eigenvalue weighted by Crippen LogP contribution is -2.21. The zero-order chi connectivity index (χ0) is 16.1. The van der Waals surface area contributed by atoms with Crippen LogP contribution in [0.15, 0.2) is 18.2 Å². The van der Waals surface area contributed by atoms with Crippen LogP contribution < -0.4 is 0 Å². The average Bonchev–Trinajstić information content (AvgIpc) is 2.40. The van der Waals surface area contributed by atoms with E-state index in [1.165, 1.54) is 12.1 Å². The molecule has 1 aromatic rings. The van der Waals surface area contributed by atoms with Gasteiger partial charge in [-0.2, -0.15) is 23.7 Å². The Kier molecular flexibility index (Phi) is 6.22. The highest BCUT2D eigenvalue weighted by atomic mass is 35.5. The Morgan fingerprint density at radius 2 is 1.71 bits per heavy atom. The summed E-state index contributed by atoms with van der Waals surface area (Å²) in [7, 11) is 0. The van der Waals surface area contributed by atoms with E-state index >= 15 is 0 Å². The molecular weight excluding hydrogens is 344 g/mol. The van der Waals surface area contributed by atoms with E-state index in [9.17, 15) is 13.2 Å². The van der Waals surface area contributed by atoms with E-state index in [1.807, 2.05) is 12.1 Å². The Morgan fingerprint density at radius 3 is 2.19 bits per heavy atom. The third-order valence-corrected chi connectivity index (χ3v) is 4.19. The summed E-state index contributed by atoms with van der Waals surface area (Å²) in [6.45, 7) is 0. The highest BCUT2D eigenvalue weighted by Crippen LogP contribution is 2.35.